The molecule has 4 rings (SSSR count). The van der Waals surface area contributed by atoms with Crippen molar-refractivity contribution >= 4 is 0 Å². The SMILES string of the molecule is Cc1ccc(CN2CC(c3nc(-c4ncccn4)no3)C2)cc1. The van der Waals surface area contributed by atoms with E-state index < -0.39 is 0 Å². The average molecular weight is 307 g/mol. The molecule has 1 fully saturated rings. The first-order chi connectivity index (χ1) is 11.3. The highest BCUT2D eigenvalue weighted by Crippen LogP contribution is 2.28. The summed E-state index contributed by atoms with van der Waals surface area (Å²) in [6.45, 7) is 4.93. The molecule has 0 atom stereocenters. The maximum absolute atomic E-state index is 5.37. The Balaban J connectivity index is 1.37. The maximum atomic E-state index is 5.37. The van der Waals surface area contributed by atoms with Crippen molar-refractivity contribution in [2.75, 3.05) is 13.1 Å². The van der Waals surface area contributed by atoms with Crippen LogP contribution in [0.2, 0.25) is 0 Å². The number of hydrogen-bond donors (Lipinski definition) is 0. The second-order valence-corrected chi connectivity index (χ2v) is 5.91. The molecule has 116 valence electrons. The molecule has 1 saturated heterocycles. The van der Waals surface area contributed by atoms with Crippen LogP contribution in [0, 0.1) is 6.92 Å². The molecule has 0 saturated carbocycles. The quantitative estimate of drug-likeness (QED) is 0.737. The molecule has 0 spiro atoms. The topological polar surface area (TPSA) is 67.9 Å². The van der Waals surface area contributed by atoms with Gasteiger partial charge < -0.3 is 4.52 Å². The molecule has 0 bridgehead atoms. The van der Waals surface area contributed by atoms with Gasteiger partial charge in [-0.1, -0.05) is 35.0 Å². The predicted octanol–water partition coefficient (Wildman–Crippen LogP) is 2.43. The number of aryl methyl sites for hydroxylation is 1. The highest BCUT2D eigenvalue weighted by molar-refractivity contribution is 5.40. The van der Waals surface area contributed by atoms with Crippen molar-refractivity contribution in [3.05, 3.63) is 59.7 Å². The smallest absolute Gasteiger partial charge is 0.240 e. The number of benzene rings is 1. The van der Waals surface area contributed by atoms with Gasteiger partial charge in [-0.3, -0.25) is 4.90 Å². The Morgan fingerprint density at radius 3 is 2.57 bits per heavy atom. The molecule has 0 aliphatic carbocycles. The van der Waals surface area contributed by atoms with Gasteiger partial charge in [0.1, 0.15) is 0 Å². The highest BCUT2D eigenvalue weighted by Gasteiger charge is 2.32. The van der Waals surface area contributed by atoms with Crippen molar-refractivity contribution in [1.82, 2.24) is 25.0 Å². The van der Waals surface area contributed by atoms with E-state index in [4.69, 9.17) is 4.52 Å². The van der Waals surface area contributed by atoms with Crippen molar-refractivity contribution < 1.29 is 4.52 Å². The van der Waals surface area contributed by atoms with Gasteiger partial charge in [-0.05, 0) is 18.6 Å². The number of rotatable bonds is 4. The highest BCUT2D eigenvalue weighted by atomic mass is 16.5. The van der Waals surface area contributed by atoms with Crippen LogP contribution in [0.5, 0.6) is 0 Å². The van der Waals surface area contributed by atoms with E-state index >= 15 is 0 Å². The van der Waals surface area contributed by atoms with Gasteiger partial charge in [0, 0.05) is 32.0 Å². The molecule has 0 N–H and O–H groups in total. The third-order valence-corrected chi connectivity index (χ3v) is 4.04. The summed E-state index contributed by atoms with van der Waals surface area (Å²) in [5.41, 5.74) is 2.62. The summed E-state index contributed by atoms with van der Waals surface area (Å²) in [6.07, 6.45) is 3.34. The lowest BCUT2D eigenvalue weighted by Gasteiger charge is -2.37. The lowest BCUT2D eigenvalue weighted by Crippen LogP contribution is -2.44. The number of likely N-dealkylation sites (tertiary alicyclic amines) is 1. The van der Waals surface area contributed by atoms with Gasteiger partial charge in [0.15, 0.2) is 0 Å². The summed E-state index contributed by atoms with van der Waals surface area (Å²) >= 11 is 0. The van der Waals surface area contributed by atoms with E-state index in [-0.39, 0.29) is 0 Å². The van der Waals surface area contributed by atoms with Crippen LogP contribution in [0.1, 0.15) is 22.9 Å². The van der Waals surface area contributed by atoms with Crippen LogP contribution in [-0.4, -0.2) is 38.1 Å². The summed E-state index contributed by atoms with van der Waals surface area (Å²) in [6, 6.07) is 10.4. The molecule has 6 heteroatoms. The minimum atomic E-state index is 0.297. The molecule has 3 heterocycles. The minimum absolute atomic E-state index is 0.297. The molecule has 0 unspecified atom stereocenters. The first-order valence-corrected chi connectivity index (χ1v) is 7.67. The van der Waals surface area contributed by atoms with Crippen LogP contribution in [0.25, 0.3) is 11.6 Å². The van der Waals surface area contributed by atoms with E-state index in [2.05, 4.69) is 56.2 Å². The summed E-state index contributed by atoms with van der Waals surface area (Å²) in [4.78, 5) is 15.1. The molecular formula is C17H17N5O. The summed E-state index contributed by atoms with van der Waals surface area (Å²) in [5, 5.41) is 3.98. The number of nitrogens with zero attached hydrogens (tertiary/aromatic N) is 5. The minimum Gasteiger partial charge on any atom is -0.338 e. The molecule has 0 amide bonds. The molecule has 1 aromatic carbocycles. The fourth-order valence-corrected chi connectivity index (χ4v) is 2.71. The van der Waals surface area contributed by atoms with Crippen LogP contribution in [0.15, 0.2) is 47.2 Å². The second-order valence-electron chi connectivity index (χ2n) is 5.91. The lowest BCUT2D eigenvalue weighted by atomic mass is 9.99. The Morgan fingerprint density at radius 1 is 1.09 bits per heavy atom. The molecule has 23 heavy (non-hydrogen) atoms. The van der Waals surface area contributed by atoms with E-state index in [1.54, 1.807) is 18.5 Å². The van der Waals surface area contributed by atoms with Crippen LogP contribution < -0.4 is 0 Å². The monoisotopic (exact) mass is 307 g/mol. The molecule has 2 aromatic heterocycles. The fourth-order valence-electron chi connectivity index (χ4n) is 2.71. The lowest BCUT2D eigenvalue weighted by molar-refractivity contribution is 0.117. The van der Waals surface area contributed by atoms with E-state index in [1.165, 1.54) is 11.1 Å². The molecule has 1 aliphatic rings. The standard InChI is InChI=1S/C17H17N5O/c1-12-3-5-13(6-4-12)9-22-10-14(11-22)17-20-16(21-23-17)15-18-7-2-8-19-15/h2-8,14H,9-11H2,1H3. The normalized spacial score (nSPS) is 15.5. The first kappa shape index (κ1) is 14.0. The maximum Gasteiger partial charge on any atom is 0.240 e. The Kier molecular flexibility index (Phi) is 3.59. The van der Waals surface area contributed by atoms with Crippen LogP contribution in [0.4, 0.5) is 0 Å². The number of aromatic nitrogens is 4. The van der Waals surface area contributed by atoms with Crippen LogP contribution in [-0.2, 0) is 6.54 Å². The first-order valence-electron chi connectivity index (χ1n) is 7.67. The van der Waals surface area contributed by atoms with Crippen LogP contribution >= 0.6 is 0 Å². The Labute approximate surface area is 134 Å². The van der Waals surface area contributed by atoms with Crippen molar-refractivity contribution in [3.8, 4) is 11.6 Å². The van der Waals surface area contributed by atoms with Crippen molar-refractivity contribution in [2.24, 2.45) is 0 Å². The number of hydrogen-bond acceptors (Lipinski definition) is 6. The summed E-state index contributed by atoms with van der Waals surface area (Å²) in [7, 11) is 0. The Hall–Kier alpha value is -2.60. The van der Waals surface area contributed by atoms with Crippen molar-refractivity contribution in [3.63, 3.8) is 0 Å². The van der Waals surface area contributed by atoms with Gasteiger partial charge in [0.05, 0.1) is 5.92 Å². The van der Waals surface area contributed by atoms with Gasteiger partial charge in [-0.15, -0.1) is 0 Å². The third-order valence-electron chi connectivity index (χ3n) is 4.04. The van der Waals surface area contributed by atoms with Gasteiger partial charge in [0.2, 0.25) is 17.5 Å². The third kappa shape index (κ3) is 2.98. The van der Waals surface area contributed by atoms with Crippen LogP contribution in [0.3, 0.4) is 0 Å². The zero-order valence-corrected chi connectivity index (χ0v) is 12.9. The molecule has 0 radical (unpaired) electrons. The molecule has 3 aromatic rings. The molecule has 1 aliphatic heterocycles. The average Bonchev–Trinajstić information content (AvgIpc) is 3.02. The van der Waals surface area contributed by atoms with Crippen molar-refractivity contribution in [2.45, 2.75) is 19.4 Å². The van der Waals surface area contributed by atoms with Gasteiger partial charge >= 0.3 is 0 Å². The largest absolute Gasteiger partial charge is 0.338 e. The predicted molar refractivity (Wildman–Crippen MR) is 84.5 cm³/mol. The fraction of sp³-hybridized carbons (Fsp3) is 0.294. The zero-order valence-electron chi connectivity index (χ0n) is 12.9. The second kappa shape index (κ2) is 5.89. The van der Waals surface area contributed by atoms with E-state index in [0.717, 1.165) is 19.6 Å². The van der Waals surface area contributed by atoms with Gasteiger partial charge in [0.25, 0.3) is 0 Å². The Bertz CT molecular complexity index is 778. The summed E-state index contributed by atoms with van der Waals surface area (Å²) in [5.74, 6) is 1.92. The zero-order chi connectivity index (χ0) is 15.6. The van der Waals surface area contributed by atoms with Crippen molar-refractivity contribution in [1.29, 1.82) is 0 Å². The Morgan fingerprint density at radius 2 is 1.83 bits per heavy atom. The molecule has 6 nitrogen and oxygen atoms in total. The van der Waals surface area contributed by atoms with Gasteiger partial charge in [-0.25, -0.2) is 9.97 Å². The van der Waals surface area contributed by atoms with E-state index in [1.807, 2.05) is 0 Å². The summed E-state index contributed by atoms with van der Waals surface area (Å²) < 4.78 is 5.37. The van der Waals surface area contributed by atoms with Gasteiger partial charge in [-0.2, -0.15) is 4.98 Å². The van der Waals surface area contributed by atoms with E-state index in [0.29, 0.717) is 23.5 Å². The van der Waals surface area contributed by atoms with E-state index in [9.17, 15) is 0 Å². The molecular weight excluding hydrogens is 290 g/mol.